The van der Waals surface area contributed by atoms with Gasteiger partial charge in [-0.2, -0.15) is 0 Å². The Morgan fingerprint density at radius 3 is 2.50 bits per heavy atom. The third-order valence-electron chi connectivity index (χ3n) is 3.95. The lowest BCUT2D eigenvalue weighted by Gasteiger charge is -2.15. The summed E-state index contributed by atoms with van der Waals surface area (Å²) < 4.78 is 28.7. The molecule has 1 atom stereocenters. The van der Waals surface area contributed by atoms with Crippen molar-refractivity contribution < 1.29 is 8.78 Å². The van der Waals surface area contributed by atoms with Crippen molar-refractivity contribution in [3.05, 3.63) is 89.5 Å². The van der Waals surface area contributed by atoms with Crippen molar-refractivity contribution in [3.63, 3.8) is 0 Å². The highest BCUT2D eigenvalue weighted by Gasteiger charge is 2.10. The molecule has 0 saturated carbocycles. The molecule has 0 spiro atoms. The van der Waals surface area contributed by atoms with Gasteiger partial charge in [-0.3, -0.25) is 0 Å². The van der Waals surface area contributed by atoms with E-state index in [4.69, 9.17) is 0 Å². The van der Waals surface area contributed by atoms with E-state index in [2.05, 4.69) is 27.0 Å². The Labute approximate surface area is 140 Å². The van der Waals surface area contributed by atoms with Crippen LogP contribution in [0.5, 0.6) is 0 Å². The lowest BCUT2D eigenvalue weighted by atomic mass is 10.1. The van der Waals surface area contributed by atoms with Crippen LogP contribution in [0.2, 0.25) is 0 Å². The normalized spacial score (nSPS) is 12.3. The van der Waals surface area contributed by atoms with E-state index in [1.54, 1.807) is 6.20 Å². The molecule has 0 fully saturated rings. The van der Waals surface area contributed by atoms with Crippen molar-refractivity contribution in [2.75, 3.05) is 0 Å². The predicted octanol–water partition coefficient (Wildman–Crippen LogP) is 4.06. The first-order chi connectivity index (χ1) is 11.6. The summed E-state index contributed by atoms with van der Waals surface area (Å²) in [6, 6.07) is 13.5. The molecule has 3 rings (SSSR count). The van der Waals surface area contributed by atoms with Gasteiger partial charge in [0.25, 0.3) is 0 Å². The molecular weight excluding hydrogens is 308 g/mol. The van der Waals surface area contributed by atoms with Gasteiger partial charge in [0.05, 0.1) is 6.54 Å². The van der Waals surface area contributed by atoms with Crippen molar-refractivity contribution >= 4 is 0 Å². The molecule has 0 bridgehead atoms. The third kappa shape index (κ3) is 4.06. The summed E-state index contributed by atoms with van der Waals surface area (Å²) in [4.78, 5) is 4.37. The monoisotopic (exact) mass is 327 g/mol. The Morgan fingerprint density at radius 2 is 1.79 bits per heavy atom. The largest absolute Gasteiger partial charge is 0.329 e. The van der Waals surface area contributed by atoms with Crippen LogP contribution in [0.25, 0.3) is 0 Å². The minimum absolute atomic E-state index is 0.183. The number of hydrogen-bond donors (Lipinski definition) is 1. The summed E-state index contributed by atoms with van der Waals surface area (Å²) in [5.74, 6) is -0.254. The van der Waals surface area contributed by atoms with Crippen molar-refractivity contribution in [2.45, 2.75) is 26.1 Å². The average molecular weight is 327 g/mol. The van der Waals surface area contributed by atoms with Gasteiger partial charge < -0.3 is 9.88 Å². The Kier molecular flexibility index (Phi) is 5.01. The molecule has 0 aliphatic carbocycles. The molecule has 0 saturated heterocycles. The lowest BCUT2D eigenvalue weighted by Crippen LogP contribution is -2.21. The van der Waals surface area contributed by atoms with Crippen molar-refractivity contribution in [3.8, 4) is 0 Å². The van der Waals surface area contributed by atoms with E-state index in [1.807, 2.05) is 31.3 Å². The van der Waals surface area contributed by atoms with E-state index in [9.17, 15) is 8.78 Å². The fraction of sp³-hybridized carbons (Fsp3) is 0.211. The molecule has 0 amide bonds. The fourth-order valence-electron chi connectivity index (χ4n) is 2.62. The summed E-state index contributed by atoms with van der Waals surface area (Å²) in [5, 5.41) is 3.27. The second-order valence-corrected chi connectivity index (χ2v) is 5.76. The lowest BCUT2D eigenvalue weighted by molar-refractivity contribution is 0.528. The minimum Gasteiger partial charge on any atom is -0.329 e. The van der Waals surface area contributed by atoms with Crippen LogP contribution in [-0.2, 0) is 13.1 Å². The molecule has 1 aromatic heterocycles. The van der Waals surface area contributed by atoms with Crippen LogP contribution in [0.15, 0.2) is 60.9 Å². The second kappa shape index (κ2) is 7.36. The highest BCUT2D eigenvalue weighted by molar-refractivity contribution is 5.21. The summed E-state index contributed by atoms with van der Waals surface area (Å²) in [6.45, 7) is 3.12. The number of halogens is 2. The van der Waals surface area contributed by atoms with Crippen LogP contribution in [0.3, 0.4) is 0 Å². The molecule has 0 unspecified atom stereocenters. The molecule has 0 aliphatic rings. The van der Waals surface area contributed by atoms with Gasteiger partial charge in [0.2, 0.25) is 0 Å². The number of aromatic nitrogens is 2. The van der Waals surface area contributed by atoms with Gasteiger partial charge in [0.15, 0.2) is 0 Å². The maximum atomic E-state index is 13.3. The topological polar surface area (TPSA) is 29.9 Å². The van der Waals surface area contributed by atoms with E-state index in [0.29, 0.717) is 12.1 Å². The molecule has 0 aliphatic heterocycles. The SMILES string of the molecule is C[C@H](NCc1nccn1Cc1ccccc1)c1cc(F)cc(F)c1. The summed E-state index contributed by atoms with van der Waals surface area (Å²) in [7, 11) is 0. The quantitative estimate of drug-likeness (QED) is 0.740. The maximum absolute atomic E-state index is 13.3. The fourth-order valence-corrected chi connectivity index (χ4v) is 2.62. The zero-order valence-electron chi connectivity index (χ0n) is 13.4. The molecule has 2 aromatic carbocycles. The highest BCUT2D eigenvalue weighted by Crippen LogP contribution is 2.16. The Balaban J connectivity index is 1.66. The van der Waals surface area contributed by atoms with Gasteiger partial charge in [0, 0.05) is 31.0 Å². The van der Waals surface area contributed by atoms with Crippen molar-refractivity contribution in [1.82, 2.24) is 14.9 Å². The first kappa shape index (κ1) is 16.3. The van der Waals surface area contributed by atoms with Crippen LogP contribution in [0.4, 0.5) is 8.78 Å². The van der Waals surface area contributed by atoms with E-state index in [0.717, 1.165) is 18.4 Å². The van der Waals surface area contributed by atoms with Crippen LogP contribution < -0.4 is 5.32 Å². The van der Waals surface area contributed by atoms with Crippen LogP contribution in [0.1, 0.15) is 29.9 Å². The maximum Gasteiger partial charge on any atom is 0.126 e. The molecule has 124 valence electrons. The van der Waals surface area contributed by atoms with Crippen molar-refractivity contribution in [2.24, 2.45) is 0 Å². The number of nitrogens with zero attached hydrogens (tertiary/aromatic N) is 2. The first-order valence-corrected chi connectivity index (χ1v) is 7.85. The van der Waals surface area contributed by atoms with Crippen LogP contribution >= 0.6 is 0 Å². The molecule has 24 heavy (non-hydrogen) atoms. The van der Waals surface area contributed by atoms with Crippen LogP contribution in [-0.4, -0.2) is 9.55 Å². The van der Waals surface area contributed by atoms with Crippen molar-refractivity contribution in [1.29, 1.82) is 0 Å². The molecule has 3 aromatic rings. The van der Waals surface area contributed by atoms with E-state index in [1.165, 1.54) is 17.7 Å². The molecule has 3 nitrogen and oxygen atoms in total. The Bertz CT molecular complexity index is 779. The van der Waals surface area contributed by atoms with Gasteiger partial charge in [-0.05, 0) is 30.2 Å². The Hall–Kier alpha value is -2.53. The predicted molar refractivity (Wildman–Crippen MR) is 89.4 cm³/mol. The standard InChI is InChI=1S/C19H19F2N3/c1-14(16-9-17(20)11-18(21)10-16)23-12-19-22-7-8-24(19)13-15-5-3-2-4-6-15/h2-11,14,23H,12-13H2,1H3/t14-/m0/s1. The number of nitrogens with one attached hydrogen (secondary N) is 1. The van der Waals surface area contributed by atoms with Gasteiger partial charge in [-0.1, -0.05) is 30.3 Å². The number of imidazole rings is 1. The molecular formula is C19H19F2N3. The van der Waals surface area contributed by atoms with Gasteiger partial charge in [-0.25, -0.2) is 13.8 Å². The van der Waals surface area contributed by atoms with E-state index in [-0.39, 0.29) is 6.04 Å². The zero-order valence-corrected chi connectivity index (χ0v) is 13.4. The van der Waals surface area contributed by atoms with Crippen LogP contribution in [0, 0.1) is 11.6 Å². The average Bonchev–Trinajstić information content (AvgIpc) is 3.00. The highest BCUT2D eigenvalue weighted by atomic mass is 19.1. The van der Waals surface area contributed by atoms with Gasteiger partial charge >= 0.3 is 0 Å². The van der Waals surface area contributed by atoms with Gasteiger partial charge in [-0.15, -0.1) is 0 Å². The van der Waals surface area contributed by atoms with E-state index >= 15 is 0 Å². The summed E-state index contributed by atoms with van der Waals surface area (Å²) in [5.41, 5.74) is 1.77. The molecule has 1 N–H and O–H groups in total. The number of hydrogen-bond acceptors (Lipinski definition) is 2. The van der Waals surface area contributed by atoms with Gasteiger partial charge in [0.1, 0.15) is 17.5 Å². The molecule has 5 heteroatoms. The minimum atomic E-state index is -0.566. The Morgan fingerprint density at radius 1 is 1.08 bits per heavy atom. The van der Waals surface area contributed by atoms with E-state index < -0.39 is 11.6 Å². The molecule has 0 radical (unpaired) electrons. The smallest absolute Gasteiger partial charge is 0.126 e. The molecule has 1 heterocycles. The number of rotatable bonds is 6. The number of benzene rings is 2. The third-order valence-corrected chi connectivity index (χ3v) is 3.95. The first-order valence-electron chi connectivity index (χ1n) is 7.85. The summed E-state index contributed by atoms with van der Waals surface area (Å²) >= 11 is 0. The second-order valence-electron chi connectivity index (χ2n) is 5.76. The summed E-state index contributed by atoms with van der Waals surface area (Å²) in [6.07, 6.45) is 3.68. The zero-order chi connectivity index (χ0) is 16.9.